The molecule has 3 nitrogen and oxygen atoms in total. The molecule has 0 aliphatic rings. The summed E-state index contributed by atoms with van der Waals surface area (Å²) >= 11 is 0. The van der Waals surface area contributed by atoms with Gasteiger partial charge in [-0.05, 0) is 40.7 Å². The van der Waals surface area contributed by atoms with E-state index >= 15 is 0 Å². The molecule has 0 aliphatic heterocycles. The topological polar surface area (TPSA) is 18.5 Å². The fraction of sp³-hybridized carbons (Fsp3) is 0.625. The Balaban J connectivity index is 2.87. The van der Waals surface area contributed by atoms with Gasteiger partial charge in [-0.2, -0.15) is 0 Å². The Morgan fingerprint density at radius 1 is 1.19 bits per heavy atom. The van der Waals surface area contributed by atoms with E-state index in [0.29, 0.717) is 18.2 Å². The SMILES string of the molecule is CCN(CC(NC)c1cccc(F)c1F)C(C)CN(C)C. The fourth-order valence-corrected chi connectivity index (χ4v) is 2.63. The van der Waals surface area contributed by atoms with Gasteiger partial charge in [0.1, 0.15) is 0 Å². The lowest BCUT2D eigenvalue weighted by atomic mass is 10.0. The third kappa shape index (κ3) is 5.02. The summed E-state index contributed by atoms with van der Waals surface area (Å²) in [5, 5.41) is 3.10. The van der Waals surface area contributed by atoms with Gasteiger partial charge in [0.15, 0.2) is 11.6 Å². The van der Waals surface area contributed by atoms with Gasteiger partial charge in [0, 0.05) is 30.7 Å². The molecular weight excluding hydrogens is 272 g/mol. The normalized spacial score (nSPS) is 14.7. The van der Waals surface area contributed by atoms with E-state index in [0.717, 1.165) is 19.2 Å². The monoisotopic (exact) mass is 299 g/mol. The Labute approximate surface area is 126 Å². The second-order valence-electron chi connectivity index (χ2n) is 5.68. The van der Waals surface area contributed by atoms with Crippen LogP contribution in [0.1, 0.15) is 25.5 Å². The Bertz CT molecular complexity index is 438. The van der Waals surface area contributed by atoms with Gasteiger partial charge in [-0.3, -0.25) is 4.90 Å². The zero-order valence-electron chi connectivity index (χ0n) is 13.7. The van der Waals surface area contributed by atoms with Crippen LogP contribution in [0.15, 0.2) is 18.2 Å². The summed E-state index contributed by atoms with van der Waals surface area (Å²) in [6.45, 7) is 6.67. The Kier molecular flexibility index (Phi) is 7.22. The molecule has 0 saturated heterocycles. The smallest absolute Gasteiger partial charge is 0.163 e. The highest BCUT2D eigenvalue weighted by Crippen LogP contribution is 2.21. The molecule has 0 bridgehead atoms. The van der Waals surface area contributed by atoms with Crippen molar-refractivity contribution in [2.75, 3.05) is 40.8 Å². The van der Waals surface area contributed by atoms with Crippen molar-refractivity contribution < 1.29 is 8.78 Å². The minimum Gasteiger partial charge on any atom is -0.312 e. The van der Waals surface area contributed by atoms with E-state index in [1.54, 1.807) is 19.2 Å². The van der Waals surface area contributed by atoms with Gasteiger partial charge < -0.3 is 10.2 Å². The molecule has 0 spiro atoms. The summed E-state index contributed by atoms with van der Waals surface area (Å²) in [6, 6.07) is 4.46. The quantitative estimate of drug-likeness (QED) is 0.796. The van der Waals surface area contributed by atoms with Crippen molar-refractivity contribution in [3.8, 4) is 0 Å². The number of halogens is 2. The highest BCUT2D eigenvalue weighted by atomic mass is 19.2. The summed E-state index contributed by atoms with van der Waals surface area (Å²) in [4.78, 5) is 4.40. The minimum atomic E-state index is -0.794. The van der Waals surface area contributed by atoms with Crippen molar-refractivity contribution in [1.29, 1.82) is 0 Å². The van der Waals surface area contributed by atoms with Crippen LogP contribution in [0.3, 0.4) is 0 Å². The highest BCUT2D eigenvalue weighted by Gasteiger charge is 2.22. The van der Waals surface area contributed by atoms with Crippen molar-refractivity contribution in [2.24, 2.45) is 0 Å². The van der Waals surface area contributed by atoms with Gasteiger partial charge >= 0.3 is 0 Å². The average Bonchev–Trinajstić information content (AvgIpc) is 2.43. The number of rotatable bonds is 8. The second-order valence-corrected chi connectivity index (χ2v) is 5.68. The van der Waals surface area contributed by atoms with E-state index < -0.39 is 11.6 Å². The van der Waals surface area contributed by atoms with Gasteiger partial charge in [-0.25, -0.2) is 8.78 Å². The molecule has 1 aromatic carbocycles. The molecule has 1 N–H and O–H groups in total. The van der Waals surface area contributed by atoms with Crippen molar-refractivity contribution in [2.45, 2.75) is 25.9 Å². The molecule has 0 amide bonds. The molecule has 0 heterocycles. The van der Waals surface area contributed by atoms with Gasteiger partial charge in [0.2, 0.25) is 0 Å². The summed E-state index contributed by atoms with van der Waals surface area (Å²) in [5.41, 5.74) is 0.382. The minimum absolute atomic E-state index is 0.231. The number of nitrogens with zero attached hydrogens (tertiary/aromatic N) is 2. The van der Waals surface area contributed by atoms with Gasteiger partial charge in [-0.1, -0.05) is 19.1 Å². The number of hydrogen-bond acceptors (Lipinski definition) is 3. The predicted octanol–water partition coefficient (Wildman–Crippen LogP) is 2.50. The number of nitrogens with one attached hydrogen (secondary N) is 1. The summed E-state index contributed by atoms with van der Waals surface area (Å²) < 4.78 is 27.4. The number of hydrogen-bond donors (Lipinski definition) is 1. The molecule has 0 fully saturated rings. The van der Waals surface area contributed by atoms with Crippen molar-refractivity contribution >= 4 is 0 Å². The van der Waals surface area contributed by atoms with Crippen LogP contribution in [0.5, 0.6) is 0 Å². The van der Waals surface area contributed by atoms with E-state index in [1.807, 2.05) is 14.1 Å². The third-order valence-electron chi connectivity index (χ3n) is 3.78. The van der Waals surface area contributed by atoms with E-state index in [2.05, 4.69) is 29.0 Å². The van der Waals surface area contributed by atoms with Crippen LogP contribution in [0.4, 0.5) is 8.78 Å². The Morgan fingerprint density at radius 2 is 1.86 bits per heavy atom. The Hall–Kier alpha value is -1.04. The van der Waals surface area contributed by atoms with Gasteiger partial charge in [0.05, 0.1) is 0 Å². The standard InChI is InChI=1S/C16H27F2N3/c1-6-21(12(2)10-20(4)5)11-15(19-3)13-8-7-9-14(17)16(13)18/h7-9,12,15,19H,6,10-11H2,1-5H3. The van der Waals surface area contributed by atoms with Crippen LogP contribution in [0, 0.1) is 11.6 Å². The van der Waals surface area contributed by atoms with Crippen LogP contribution < -0.4 is 5.32 Å². The van der Waals surface area contributed by atoms with E-state index in [1.165, 1.54) is 0 Å². The maximum Gasteiger partial charge on any atom is 0.163 e. The first-order chi connectivity index (χ1) is 9.90. The lowest BCUT2D eigenvalue weighted by Crippen LogP contribution is -2.44. The number of benzene rings is 1. The number of likely N-dealkylation sites (N-methyl/N-ethyl adjacent to an activating group) is 3. The van der Waals surface area contributed by atoms with Crippen LogP contribution in [0.25, 0.3) is 0 Å². The van der Waals surface area contributed by atoms with Crippen molar-refractivity contribution in [1.82, 2.24) is 15.1 Å². The first-order valence-electron chi connectivity index (χ1n) is 7.40. The first-order valence-corrected chi connectivity index (χ1v) is 7.40. The lowest BCUT2D eigenvalue weighted by molar-refractivity contribution is 0.165. The van der Waals surface area contributed by atoms with E-state index in [4.69, 9.17) is 0 Å². The molecule has 1 rings (SSSR count). The van der Waals surface area contributed by atoms with E-state index in [-0.39, 0.29) is 6.04 Å². The predicted molar refractivity (Wildman–Crippen MR) is 83.4 cm³/mol. The molecule has 0 radical (unpaired) electrons. The Morgan fingerprint density at radius 3 is 2.38 bits per heavy atom. The molecule has 2 unspecified atom stereocenters. The maximum atomic E-state index is 14.0. The molecule has 0 saturated carbocycles. The molecule has 5 heteroatoms. The zero-order chi connectivity index (χ0) is 16.0. The highest BCUT2D eigenvalue weighted by molar-refractivity contribution is 5.23. The van der Waals surface area contributed by atoms with Crippen LogP contribution in [0.2, 0.25) is 0 Å². The average molecular weight is 299 g/mol. The lowest BCUT2D eigenvalue weighted by Gasteiger charge is -2.33. The van der Waals surface area contributed by atoms with Gasteiger partial charge in [-0.15, -0.1) is 0 Å². The zero-order valence-corrected chi connectivity index (χ0v) is 13.7. The van der Waals surface area contributed by atoms with Crippen LogP contribution in [-0.2, 0) is 0 Å². The molecular formula is C16H27F2N3. The second kappa shape index (κ2) is 8.41. The maximum absolute atomic E-state index is 14.0. The summed E-state index contributed by atoms with van der Waals surface area (Å²) in [6.07, 6.45) is 0. The van der Waals surface area contributed by atoms with Crippen molar-refractivity contribution in [3.63, 3.8) is 0 Å². The molecule has 1 aromatic rings. The first kappa shape index (κ1) is 18.0. The van der Waals surface area contributed by atoms with Crippen LogP contribution in [-0.4, -0.2) is 56.6 Å². The van der Waals surface area contributed by atoms with E-state index in [9.17, 15) is 8.78 Å². The largest absolute Gasteiger partial charge is 0.312 e. The molecule has 0 aromatic heterocycles. The van der Waals surface area contributed by atoms with Gasteiger partial charge in [0.25, 0.3) is 0 Å². The van der Waals surface area contributed by atoms with Crippen LogP contribution >= 0.6 is 0 Å². The molecule has 120 valence electrons. The molecule has 0 aliphatic carbocycles. The fourth-order valence-electron chi connectivity index (χ4n) is 2.63. The molecule has 21 heavy (non-hydrogen) atoms. The molecule has 2 atom stereocenters. The van der Waals surface area contributed by atoms with Crippen molar-refractivity contribution in [3.05, 3.63) is 35.4 Å². The third-order valence-corrected chi connectivity index (χ3v) is 3.78. The summed E-state index contributed by atoms with van der Waals surface area (Å²) in [5.74, 6) is -1.55. The summed E-state index contributed by atoms with van der Waals surface area (Å²) in [7, 11) is 5.84.